The molecule has 2 rings (SSSR count). The van der Waals surface area contributed by atoms with Crippen molar-refractivity contribution in [2.75, 3.05) is 6.54 Å². The van der Waals surface area contributed by atoms with Crippen molar-refractivity contribution in [2.24, 2.45) is 0 Å². The maximum absolute atomic E-state index is 12.0. The number of para-hydroxylation sites is 1. The Morgan fingerprint density at radius 2 is 2.16 bits per heavy atom. The third-order valence-corrected chi connectivity index (χ3v) is 3.21. The highest BCUT2D eigenvalue weighted by Gasteiger charge is 2.18. The van der Waals surface area contributed by atoms with E-state index in [4.69, 9.17) is 9.52 Å². The molecule has 0 aliphatic heterocycles. The quantitative estimate of drug-likeness (QED) is 0.889. The summed E-state index contributed by atoms with van der Waals surface area (Å²) in [7, 11) is 0. The molecule has 0 spiro atoms. The number of carbonyl (C=O) groups is 1. The maximum Gasteiger partial charge on any atom is 0.287 e. The Morgan fingerprint density at radius 3 is 2.79 bits per heavy atom. The maximum atomic E-state index is 12.0. The van der Waals surface area contributed by atoms with Crippen molar-refractivity contribution in [3.63, 3.8) is 0 Å². The van der Waals surface area contributed by atoms with Crippen LogP contribution < -0.4 is 5.32 Å². The van der Waals surface area contributed by atoms with Gasteiger partial charge >= 0.3 is 0 Å². The number of aliphatic hydroxyl groups is 1. The van der Waals surface area contributed by atoms with Crippen molar-refractivity contribution in [3.8, 4) is 0 Å². The van der Waals surface area contributed by atoms with Crippen LogP contribution in [0.25, 0.3) is 11.0 Å². The number of hydrogen-bond acceptors (Lipinski definition) is 3. The molecule has 0 aliphatic rings. The van der Waals surface area contributed by atoms with Gasteiger partial charge in [-0.15, -0.1) is 0 Å². The number of amides is 1. The van der Waals surface area contributed by atoms with E-state index in [1.807, 2.05) is 32.0 Å². The molecule has 1 aromatic heterocycles. The Bertz CT molecular complexity index is 599. The van der Waals surface area contributed by atoms with Crippen molar-refractivity contribution in [3.05, 3.63) is 35.1 Å². The Morgan fingerprint density at radius 1 is 1.42 bits per heavy atom. The molecule has 2 aromatic rings. The minimum Gasteiger partial charge on any atom is -0.450 e. The smallest absolute Gasteiger partial charge is 0.287 e. The number of aryl methyl sites for hydroxylation is 2. The lowest BCUT2D eigenvalue weighted by Crippen LogP contribution is -2.26. The molecule has 0 saturated heterocycles. The first-order valence-corrected chi connectivity index (χ1v) is 6.45. The fourth-order valence-corrected chi connectivity index (χ4v) is 2.08. The summed E-state index contributed by atoms with van der Waals surface area (Å²) >= 11 is 0. The van der Waals surface area contributed by atoms with Crippen LogP contribution in [0.15, 0.2) is 22.6 Å². The van der Waals surface area contributed by atoms with Crippen LogP contribution in [0.5, 0.6) is 0 Å². The Kier molecular flexibility index (Phi) is 3.90. The van der Waals surface area contributed by atoms with E-state index in [0.29, 0.717) is 18.7 Å². The summed E-state index contributed by atoms with van der Waals surface area (Å²) in [6, 6.07) is 5.86. The number of carbonyl (C=O) groups excluding carboxylic acids is 1. The number of aliphatic hydroxyl groups excluding tert-OH is 1. The average Bonchev–Trinajstić information content (AvgIpc) is 2.68. The van der Waals surface area contributed by atoms with Crippen LogP contribution in [0.3, 0.4) is 0 Å². The van der Waals surface area contributed by atoms with Crippen LogP contribution in [-0.2, 0) is 0 Å². The molecule has 4 nitrogen and oxygen atoms in total. The Balaban J connectivity index is 2.23. The molecular weight excluding hydrogens is 242 g/mol. The summed E-state index contributed by atoms with van der Waals surface area (Å²) in [6.07, 6.45) is 0.114. The molecule has 0 bridgehead atoms. The first kappa shape index (κ1) is 13.6. The van der Waals surface area contributed by atoms with E-state index in [9.17, 15) is 4.79 Å². The monoisotopic (exact) mass is 261 g/mol. The third kappa shape index (κ3) is 2.79. The van der Waals surface area contributed by atoms with Gasteiger partial charge in [0.1, 0.15) is 5.58 Å². The molecule has 1 heterocycles. The zero-order chi connectivity index (χ0) is 14.0. The molecule has 2 N–H and O–H groups in total. The zero-order valence-electron chi connectivity index (χ0n) is 11.5. The Labute approximate surface area is 112 Å². The average molecular weight is 261 g/mol. The summed E-state index contributed by atoms with van der Waals surface area (Å²) in [5, 5.41) is 12.9. The molecular formula is C15H19NO3. The second-order valence-corrected chi connectivity index (χ2v) is 4.90. The molecule has 1 atom stereocenters. The molecule has 0 saturated carbocycles. The lowest BCUT2D eigenvalue weighted by molar-refractivity contribution is 0.0919. The van der Waals surface area contributed by atoms with E-state index >= 15 is 0 Å². The van der Waals surface area contributed by atoms with Crippen molar-refractivity contribution in [1.82, 2.24) is 5.32 Å². The van der Waals surface area contributed by atoms with Crippen LogP contribution in [-0.4, -0.2) is 23.7 Å². The second kappa shape index (κ2) is 5.45. The Hall–Kier alpha value is -1.81. The summed E-state index contributed by atoms with van der Waals surface area (Å²) in [6.45, 7) is 5.98. The lowest BCUT2D eigenvalue weighted by Gasteiger charge is -2.05. The summed E-state index contributed by atoms with van der Waals surface area (Å²) in [5.74, 6) is 0.128. The van der Waals surface area contributed by atoms with E-state index in [0.717, 1.165) is 22.1 Å². The fourth-order valence-electron chi connectivity index (χ4n) is 2.08. The number of benzene rings is 1. The summed E-state index contributed by atoms with van der Waals surface area (Å²) in [5.41, 5.74) is 2.64. The van der Waals surface area contributed by atoms with E-state index in [1.54, 1.807) is 6.92 Å². The normalized spacial score (nSPS) is 12.6. The van der Waals surface area contributed by atoms with Crippen LogP contribution in [0.1, 0.15) is 35.0 Å². The first-order chi connectivity index (χ1) is 9.00. The molecule has 1 aromatic carbocycles. The SMILES string of the molecule is Cc1c(C(=O)NCCC(C)O)oc2c(C)cccc12. The van der Waals surface area contributed by atoms with E-state index in [1.165, 1.54) is 0 Å². The molecule has 4 heteroatoms. The molecule has 19 heavy (non-hydrogen) atoms. The predicted octanol–water partition coefficient (Wildman–Crippen LogP) is 2.55. The van der Waals surface area contributed by atoms with Crippen molar-refractivity contribution in [2.45, 2.75) is 33.3 Å². The van der Waals surface area contributed by atoms with E-state index in [-0.39, 0.29) is 5.91 Å². The van der Waals surface area contributed by atoms with Gasteiger partial charge in [0.2, 0.25) is 0 Å². The van der Waals surface area contributed by atoms with Gasteiger partial charge in [-0.1, -0.05) is 18.2 Å². The van der Waals surface area contributed by atoms with Gasteiger partial charge in [0.15, 0.2) is 5.76 Å². The van der Waals surface area contributed by atoms with Gasteiger partial charge in [0, 0.05) is 17.5 Å². The van der Waals surface area contributed by atoms with E-state index < -0.39 is 6.10 Å². The van der Waals surface area contributed by atoms with Crippen molar-refractivity contribution < 1.29 is 14.3 Å². The summed E-state index contributed by atoms with van der Waals surface area (Å²) < 4.78 is 5.67. The third-order valence-electron chi connectivity index (χ3n) is 3.21. The van der Waals surface area contributed by atoms with Gasteiger partial charge in [-0.3, -0.25) is 4.79 Å². The highest BCUT2D eigenvalue weighted by Crippen LogP contribution is 2.27. The van der Waals surface area contributed by atoms with Gasteiger partial charge in [-0.2, -0.15) is 0 Å². The van der Waals surface area contributed by atoms with Gasteiger partial charge in [-0.25, -0.2) is 0 Å². The topological polar surface area (TPSA) is 62.5 Å². The second-order valence-electron chi connectivity index (χ2n) is 4.90. The minimum atomic E-state index is -0.417. The van der Waals surface area contributed by atoms with Gasteiger partial charge in [0.05, 0.1) is 6.10 Å². The predicted molar refractivity (Wildman–Crippen MR) is 74.3 cm³/mol. The number of hydrogen-bond donors (Lipinski definition) is 2. The highest BCUT2D eigenvalue weighted by molar-refractivity contribution is 5.99. The van der Waals surface area contributed by atoms with Crippen LogP contribution in [0.4, 0.5) is 0 Å². The molecule has 0 fully saturated rings. The summed E-state index contributed by atoms with van der Waals surface area (Å²) in [4.78, 5) is 12.0. The van der Waals surface area contributed by atoms with Crippen molar-refractivity contribution in [1.29, 1.82) is 0 Å². The largest absolute Gasteiger partial charge is 0.450 e. The number of nitrogens with one attached hydrogen (secondary N) is 1. The minimum absolute atomic E-state index is 0.228. The van der Waals surface area contributed by atoms with Gasteiger partial charge in [0.25, 0.3) is 5.91 Å². The fraction of sp³-hybridized carbons (Fsp3) is 0.400. The van der Waals surface area contributed by atoms with Crippen LogP contribution >= 0.6 is 0 Å². The lowest BCUT2D eigenvalue weighted by atomic mass is 10.1. The van der Waals surface area contributed by atoms with Crippen LogP contribution in [0, 0.1) is 13.8 Å². The molecule has 1 unspecified atom stereocenters. The molecule has 102 valence electrons. The van der Waals surface area contributed by atoms with Crippen molar-refractivity contribution >= 4 is 16.9 Å². The number of furan rings is 1. The molecule has 0 radical (unpaired) electrons. The standard InChI is InChI=1S/C15H19NO3/c1-9-5-4-6-12-11(3)14(19-13(9)12)15(18)16-8-7-10(2)17/h4-6,10,17H,7-8H2,1-3H3,(H,16,18). The highest BCUT2D eigenvalue weighted by atomic mass is 16.3. The number of rotatable bonds is 4. The van der Waals surface area contributed by atoms with Gasteiger partial charge < -0.3 is 14.8 Å². The molecule has 1 amide bonds. The van der Waals surface area contributed by atoms with Crippen LogP contribution in [0.2, 0.25) is 0 Å². The van der Waals surface area contributed by atoms with E-state index in [2.05, 4.69) is 5.32 Å². The number of fused-ring (bicyclic) bond motifs is 1. The molecule has 0 aliphatic carbocycles. The zero-order valence-corrected chi connectivity index (χ0v) is 11.5. The van der Waals surface area contributed by atoms with Gasteiger partial charge in [-0.05, 0) is 32.8 Å². The first-order valence-electron chi connectivity index (χ1n) is 6.45.